The molecule has 0 spiro atoms. The number of amides is 1. The quantitative estimate of drug-likeness (QED) is 0.539. The van der Waals surface area contributed by atoms with Gasteiger partial charge in [0.05, 0.1) is 18.7 Å². The molecule has 2 rings (SSSR count). The van der Waals surface area contributed by atoms with E-state index in [0.717, 1.165) is 4.90 Å². The third-order valence-corrected chi connectivity index (χ3v) is 2.26. The summed E-state index contributed by atoms with van der Waals surface area (Å²) in [6.45, 7) is -0.305. The highest BCUT2D eigenvalue weighted by molar-refractivity contribution is 6.15. The Kier molecular flexibility index (Phi) is 2.41. The molecule has 1 aliphatic heterocycles. The topological polar surface area (TPSA) is 37.4 Å². The minimum absolute atomic E-state index is 0.305. The van der Waals surface area contributed by atoms with Gasteiger partial charge in [0.15, 0.2) is 17.4 Å². The predicted octanol–water partition coefficient (Wildman–Crippen LogP) is 1.41. The fourth-order valence-corrected chi connectivity index (χ4v) is 1.52. The molecule has 0 bridgehead atoms. The fraction of sp³-hybridized carbons (Fsp3) is 0.200. The maximum absolute atomic E-state index is 13.3. The molecule has 16 heavy (non-hydrogen) atoms. The number of carbonyl (C=O) groups excluding carboxylic acids is 2. The summed E-state index contributed by atoms with van der Waals surface area (Å²) in [4.78, 5) is 23.0. The number of carbonyl (C=O) groups is 2. The van der Waals surface area contributed by atoms with Crippen molar-refractivity contribution in [2.75, 3.05) is 11.4 Å². The number of rotatable bonds is 1. The Bertz CT molecular complexity index is 487. The van der Waals surface area contributed by atoms with Gasteiger partial charge in [-0.3, -0.25) is 9.59 Å². The summed E-state index contributed by atoms with van der Waals surface area (Å²) < 4.78 is 38.8. The predicted molar refractivity (Wildman–Crippen MR) is 48.3 cm³/mol. The molecule has 3 nitrogen and oxygen atoms in total. The highest BCUT2D eigenvalue weighted by atomic mass is 19.2. The zero-order valence-electron chi connectivity index (χ0n) is 7.97. The second-order valence-corrected chi connectivity index (χ2v) is 3.41. The lowest BCUT2D eigenvalue weighted by Gasteiger charge is -2.15. The monoisotopic (exact) mass is 229 g/mol. The lowest BCUT2D eigenvalue weighted by molar-refractivity contribution is -0.121. The van der Waals surface area contributed by atoms with Crippen molar-refractivity contribution in [2.45, 2.75) is 6.42 Å². The molecule has 0 radical (unpaired) electrons. The van der Waals surface area contributed by atoms with Crippen LogP contribution in [0, 0.1) is 17.5 Å². The van der Waals surface area contributed by atoms with Gasteiger partial charge < -0.3 is 4.90 Å². The first-order valence-electron chi connectivity index (χ1n) is 4.45. The van der Waals surface area contributed by atoms with Gasteiger partial charge in [-0.1, -0.05) is 0 Å². The van der Waals surface area contributed by atoms with Gasteiger partial charge in [0.25, 0.3) is 0 Å². The highest BCUT2D eigenvalue weighted by Crippen LogP contribution is 2.25. The van der Waals surface area contributed by atoms with Crippen LogP contribution in [0.1, 0.15) is 6.42 Å². The molecule has 0 atom stereocenters. The molecule has 0 aliphatic carbocycles. The van der Waals surface area contributed by atoms with Gasteiger partial charge in [0, 0.05) is 12.1 Å². The van der Waals surface area contributed by atoms with Crippen molar-refractivity contribution < 1.29 is 22.8 Å². The van der Waals surface area contributed by atoms with E-state index >= 15 is 0 Å². The van der Waals surface area contributed by atoms with Gasteiger partial charge in [0.1, 0.15) is 5.82 Å². The van der Waals surface area contributed by atoms with E-state index in [1.807, 2.05) is 0 Å². The van der Waals surface area contributed by atoms with E-state index < -0.39 is 29.0 Å². The zero-order chi connectivity index (χ0) is 11.9. The van der Waals surface area contributed by atoms with E-state index in [0.29, 0.717) is 12.1 Å². The lowest BCUT2D eigenvalue weighted by Crippen LogP contribution is -2.25. The summed E-state index contributed by atoms with van der Waals surface area (Å²) in [5.74, 6) is -4.66. The number of hydrogen-bond acceptors (Lipinski definition) is 2. The van der Waals surface area contributed by atoms with Gasteiger partial charge in [0.2, 0.25) is 5.91 Å². The maximum atomic E-state index is 13.3. The van der Waals surface area contributed by atoms with Crippen molar-refractivity contribution in [3.05, 3.63) is 29.6 Å². The molecule has 6 heteroatoms. The van der Waals surface area contributed by atoms with E-state index in [-0.39, 0.29) is 18.7 Å². The first-order chi connectivity index (χ1) is 7.49. The summed E-state index contributed by atoms with van der Waals surface area (Å²) in [6, 6.07) is 0.919. The molecular weight excluding hydrogens is 223 g/mol. The fourth-order valence-electron chi connectivity index (χ4n) is 1.52. The number of ketones is 1. The Balaban J connectivity index is 2.45. The molecule has 84 valence electrons. The number of benzene rings is 1. The van der Waals surface area contributed by atoms with Crippen LogP contribution >= 0.6 is 0 Å². The Labute approximate surface area is 88.5 Å². The number of Topliss-reactive ketones (excluding diaryl/α,β-unsaturated/α-hetero) is 1. The Hall–Kier alpha value is -1.85. The molecule has 1 saturated heterocycles. The van der Waals surface area contributed by atoms with Gasteiger partial charge >= 0.3 is 0 Å². The van der Waals surface area contributed by atoms with E-state index in [2.05, 4.69) is 0 Å². The smallest absolute Gasteiger partial charge is 0.235 e. The van der Waals surface area contributed by atoms with Crippen LogP contribution in [-0.4, -0.2) is 18.2 Å². The summed E-state index contributed by atoms with van der Waals surface area (Å²) in [7, 11) is 0. The van der Waals surface area contributed by atoms with E-state index in [1.54, 1.807) is 0 Å². The highest BCUT2D eigenvalue weighted by Gasteiger charge is 2.31. The van der Waals surface area contributed by atoms with Crippen molar-refractivity contribution >= 4 is 17.4 Å². The molecular formula is C10H6F3NO2. The number of halogens is 3. The van der Waals surface area contributed by atoms with Gasteiger partial charge in [-0.25, -0.2) is 13.2 Å². The van der Waals surface area contributed by atoms with Crippen molar-refractivity contribution in [1.29, 1.82) is 0 Å². The number of nitrogens with zero attached hydrogens (tertiary/aromatic N) is 1. The summed E-state index contributed by atoms with van der Waals surface area (Å²) in [5.41, 5.74) is -0.408. The molecule has 0 aromatic heterocycles. The van der Waals surface area contributed by atoms with Crippen molar-refractivity contribution in [1.82, 2.24) is 0 Å². The third-order valence-electron chi connectivity index (χ3n) is 2.26. The van der Waals surface area contributed by atoms with Gasteiger partial charge in [-0.2, -0.15) is 0 Å². The number of hydrogen-bond donors (Lipinski definition) is 0. The van der Waals surface area contributed by atoms with Gasteiger partial charge in [-0.05, 0) is 0 Å². The summed E-state index contributed by atoms with van der Waals surface area (Å²) >= 11 is 0. The maximum Gasteiger partial charge on any atom is 0.235 e. The molecule has 0 N–H and O–H groups in total. The van der Waals surface area contributed by atoms with Crippen LogP contribution in [0.2, 0.25) is 0 Å². The first kappa shape index (κ1) is 10.7. The van der Waals surface area contributed by atoms with Crippen LogP contribution in [0.15, 0.2) is 12.1 Å². The van der Waals surface area contributed by atoms with Crippen molar-refractivity contribution in [3.63, 3.8) is 0 Å². The minimum atomic E-state index is -1.33. The Morgan fingerprint density at radius 3 is 2.19 bits per heavy atom. The second-order valence-electron chi connectivity index (χ2n) is 3.41. The third kappa shape index (κ3) is 1.66. The number of anilines is 1. The molecule has 1 aromatic rings. The normalized spacial score (nSPS) is 16.1. The largest absolute Gasteiger partial charge is 0.302 e. The average Bonchev–Trinajstić information content (AvgIpc) is 2.51. The molecule has 1 aliphatic rings. The zero-order valence-corrected chi connectivity index (χ0v) is 7.97. The van der Waals surface area contributed by atoms with Gasteiger partial charge in [-0.15, -0.1) is 0 Å². The molecule has 0 unspecified atom stereocenters. The average molecular weight is 229 g/mol. The SMILES string of the molecule is O=C1CC(=O)N(c2cc(F)c(F)cc2F)C1. The standard InChI is InChI=1S/C10H6F3NO2/c11-6-2-8(13)9(3-7(6)12)14-4-5(15)1-10(14)16/h2-3H,1,4H2. The Morgan fingerprint density at radius 1 is 1.00 bits per heavy atom. The van der Waals surface area contributed by atoms with E-state index in [9.17, 15) is 22.8 Å². The molecule has 1 fully saturated rings. The van der Waals surface area contributed by atoms with E-state index in [4.69, 9.17) is 0 Å². The van der Waals surface area contributed by atoms with Crippen molar-refractivity contribution in [2.24, 2.45) is 0 Å². The lowest BCUT2D eigenvalue weighted by atomic mass is 10.2. The van der Waals surface area contributed by atoms with E-state index in [1.165, 1.54) is 0 Å². The van der Waals surface area contributed by atoms with Crippen molar-refractivity contribution in [3.8, 4) is 0 Å². The minimum Gasteiger partial charge on any atom is -0.302 e. The Morgan fingerprint density at radius 2 is 1.62 bits per heavy atom. The van der Waals surface area contributed by atoms with Crippen LogP contribution in [0.4, 0.5) is 18.9 Å². The molecule has 1 aromatic carbocycles. The second kappa shape index (κ2) is 3.62. The summed E-state index contributed by atoms with van der Waals surface area (Å²) in [5, 5.41) is 0. The van der Waals surface area contributed by atoms with Crippen LogP contribution < -0.4 is 4.90 Å². The molecule has 0 saturated carbocycles. The molecule has 1 heterocycles. The summed E-state index contributed by atoms with van der Waals surface area (Å²) in [6.07, 6.45) is -0.335. The van der Waals surface area contributed by atoms with Crippen LogP contribution in [0.25, 0.3) is 0 Å². The van der Waals surface area contributed by atoms with Crippen LogP contribution in [-0.2, 0) is 9.59 Å². The first-order valence-corrected chi connectivity index (χ1v) is 4.45. The van der Waals surface area contributed by atoms with Crippen LogP contribution in [0.3, 0.4) is 0 Å². The van der Waals surface area contributed by atoms with Crippen LogP contribution in [0.5, 0.6) is 0 Å². The molecule has 1 amide bonds.